The fraction of sp³-hybridized carbons (Fsp3) is 0.240. The third-order valence-corrected chi connectivity index (χ3v) is 5.56. The lowest BCUT2D eigenvalue weighted by Gasteiger charge is -2.23. The zero-order chi connectivity index (χ0) is 19.3. The quantitative estimate of drug-likeness (QED) is 0.699. The first-order valence-electron chi connectivity index (χ1n) is 9.80. The molecule has 0 aliphatic heterocycles. The van der Waals surface area contributed by atoms with Gasteiger partial charge in [-0.3, -0.25) is 0 Å². The summed E-state index contributed by atoms with van der Waals surface area (Å²) in [6.45, 7) is 1.30. The Labute approximate surface area is 166 Å². The van der Waals surface area contributed by atoms with E-state index in [1.165, 1.54) is 17.5 Å². The summed E-state index contributed by atoms with van der Waals surface area (Å²) >= 11 is 0. The molecule has 140 valence electrons. The molecule has 0 saturated carbocycles. The monoisotopic (exact) mass is 368 g/mol. The molecule has 0 saturated heterocycles. The minimum Gasteiger partial charge on any atom is -0.489 e. The third kappa shape index (κ3) is 3.93. The molecule has 1 unspecified atom stereocenters. The molecule has 0 spiro atoms. The smallest absolute Gasteiger partial charge is 0.120 e. The molecule has 1 aliphatic carbocycles. The van der Waals surface area contributed by atoms with Crippen LogP contribution in [0.1, 0.15) is 28.7 Å². The van der Waals surface area contributed by atoms with E-state index in [2.05, 4.69) is 48.5 Å². The van der Waals surface area contributed by atoms with Crippen molar-refractivity contribution < 1.29 is 4.74 Å². The molecule has 28 heavy (non-hydrogen) atoms. The van der Waals surface area contributed by atoms with E-state index in [9.17, 15) is 5.26 Å². The summed E-state index contributed by atoms with van der Waals surface area (Å²) in [4.78, 5) is 0. The minimum atomic E-state index is 0.532. The third-order valence-electron chi connectivity index (χ3n) is 5.56. The van der Waals surface area contributed by atoms with Crippen molar-refractivity contribution in [3.8, 4) is 22.9 Å². The van der Waals surface area contributed by atoms with Crippen LogP contribution >= 0.6 is 0 Å². The first-order valence-corrected chi connectivity index (χ1v) is 9.80. The number of benzene rings is 3. The predicted octanol–water partition coefficient (Wildman–Crippen LogP) is 4.87. The fourth-order valence-corrected chi connectivity index (χ4v) is 3.88. The fourth-order valence-electron chi connectivity index (χ4n) is 3.88. The maximum atomic E-state index is 9.28. The zero-order valence-electron chi connectivity index (χ0n) is 15.9. The lowest BCUT2D eigenvalue weighted by molar-refractivity contribution is 0.305. The highest BCUT2D eigenvalue weighted by atomic mass is 16.5. The Morgan fingerprint density at radius 3 is 2.61 bits per heavy atom. The highest BCUT2D eigenvalue weighted by Crippen LogP contribution is 2.29. The van der Waals surface area contributed by atoms with Crippen molar-refractivity contribution in [3.05, 3.63) is 89.0 Å². The number of nitrogens with two attached hydrogens (primary N) is 1. The molecule has 4 rings (SSSR count). The summed E-state index contributed by atoms with van der Waals surface area (Å²) < 4.78 is 6.02. The Morgan fingerprint density at radius 1 is 1.00 bits per heavy atom. The number of fused-ring (bicyclic) bond motifs is 1. The van der Waals surface area contributed by atoms with Gasteiger partial charge < -0.3 is 10.5 Å². The Morgan fingerprint density at radius 2 is 1.82 bits per heavy atom. The molecule has 3 nitrogen and oxygen atoms in total. The van der Waals surface area contributed by atoms with Gasteiger partial charge >= 0.3 is 0 Å². The maximum absolute atomic E-state index is 9.28. The summed E-state index contributed by atoms with van der Waals surface area (Å²) in [7, 11) is 0. The Balaban J connectivity index is 1.43. The largest absolute Gasteiger partial charge is 0.489 e. The number of hydrogen-bond acceptors (Lipinski definition) is 3. The predicted molar refractivity (Wildman–Crippen MR) is 112 cm³/mol. The summed E-state index contributed by atoms with van der Waals surface area (Å²) in [5.74, 6) is 1.53. The second-order valence-electron chi connectivity index (χ2n) is 7.42. The molecule has 2 N–H and O–H groups in total. The Bertz CT molecular complexity index is 1000. The molecule has 3 aromatic carbocycles. The molecular formula is C25H24N2O. The molecule has 0 heterocycles. The van der Waals surface area contributed by atoms with Crippen molar-refractivity contribution in [2.75, 3.05) is 6.54 Å². The van der Waals surface area contributed by atoms with Crippen LogP contribution < -0.4 is 10.5 Å². The van der Waals surface area contributed by atoms with Crippen molar-refractivity contribution in [1.29, 1.82) is 5.26 Å². The second-order valence-corrected chi connectivity index (χ2v) is 7.42. The molecule has 0 amide bonds. The van der Waals surface area contributed by atoms with Crippen LogP contribution in [0.15, 0.2) is 66.7 Å². The number of hydrogen-bond donors (Lipinski definition) is 1. The Kier molecular flexibility index (Phi) is 5.41. The van der Waals surface area contributed by atoms with E-state index in [-0.39, 0.29) is 0 Å². The normalized spacial score (nSPS) is 15.5. The van der Waals surface area contributed by atoms with Gasteiger partial charge in [0.05, 0.1) is 11.6 Å². The summed E-state index contributed by atoms with van der Waals surface area (Å²) in [5, 5.41) is 9.28. The van der Waals surface area contributed by atoms with Crippen LogP contribution in [-0.4, -0.2) is 6.54 Å². The van der Waals surface area contributed by atoms with E-state index in [1.54, 1.807) is 0 Å². The number of nitriles is 1. The highest BCUT2D eigenvalue weighted by molar-refractivity contribution is 5.70. The van der Waals surface area contributed by atoms with Crippen LogP contribution in [0.3, 0.4) is 0 Å². The minimum absolute atomic E-state index is 0.532. The van der Waals surface area contributed by atoms with E-state index >= 15 is 0 Å². The number of rotatable bonds is 5. The van der Waals surface area contributed by atoms with Crippen LogP contribution in [-0.2, 0) is 19.4 Å². The van der Waals surface area contributed by atoms with E-state index in [0.717, 1.165) is 41.8 Å². The van der Waals surface area contributed by atoms with Crippen LogP contribution in [0.5, 0.6) is 5.75 Å². The highest BCUT2D eigenvalue weighted by Gasteiger charge is 2.17. The van der Waals surface area contributed by atoms with Gasteiger partial charge in [-0.2, -0.15) is 5.26 Å². The van der Waals surface area contributed by atoms with Gasteiger partial charge in [0, 0.05) is 0 Å². The number of ether oxygens (including phenoxy) is 1. The lowest BCUT2D eigenvalue weighted by Crippen LogP contribution is -2.22. The first-order chi connectivity index (χ1) is 13.8. The van der Waals surface area contributed by atoms with Crippen molar-refractivity contribution in [2.24, 2.45) is 11.7 Å². The van der Waals surface area contributed by atoms with Gasteiger partial charge in [0.2, 0.25) is 0 Å². The van der Waals surface area contributed by atoms with E-state index in [4.69, 9.17) is 10.5 Å². The summed E-state index contributed by atoms with van der Waals surface area (Å²) in [6.07, 6.45) is 3.33. The Hall–Kier alpha value is -3.09. The summed E-state index contributed by atoms with van der Waals surface area (Å²) in [5.41, 5.74) is 12.4. The molecule has 0 fully saturated rings. The molecule has 1 atom stereocenters. The molecule has 1 aliphatic rings. The van der Waals surface area contributed by atoms with Crippen LogP contribution in [0.4, 0.5) is 0 Å². The first kappa shape index (κ1) is 18.3. The molecular weight excluding hydrogens is 344 g/mol. The lowest BCUT2D eigenvalue weighted by atomic mass is 9.84. The van der Waals surface area contributed by atoms with Crippen molar-refractivity contribution in [3.63, 3.8) is 0 Å². The van der Waals surface area contributed by atoms with Gasteiger partial charge in [0.1, 0.15) is 12.4 Å². The van der Waals surface area contributed by atoms with Gasteiger partial charge in [-0.15, -0.1) is 0 Å². The molecule has 3 heteroatoms. The number of aryl methyl sites for hydroxylation is 1. The topological polar surface area (TPSA) is 59.0 Å². The average molecular weight is 368 g/mol. The van der Waals surface area contributed by atoms with Gasteiger partial charge in [-0.25, -0.2) is 0 Å². The van der Waals surface area contributed by atoms with Gasteiger partial charge in [-0.05, 0) is 77.7 Å². The van der Waals surface area contributed by atoms with E-state index in [1.807, 2.05) is 24.3 Å². The zero-order valence-corrected chi connectivity index (χ0v) is 15.9. The van der Waals surface area contributed by atoms with Crippen LogP contribution in [0.25, 0.3) is 11.1 Å². The molecule has 3 aromatic rings. The van der Waals surface area contributed by atoms with Gasteiger partial charge in [0.15, 0.2) is 0 Å². The SMILES string of the molecule is N#Cc1ccccc1-c1ccc(COc2ccc3c(c2)CCC(CN)C3)cc1. The van der Waals surface area contributed by atoms with E-state index in [0.29, 0.717) is 18.1 Å². The van der Waals surface area contributed by atoms with Crippen LogP contribution in [0, 0.1) is 17.2 Å². The van der Waals surface area contributed by atoms with Gasteiger partial charge in [-0.1, -0.05) is 48.5 Å². The molecule has 0 radical (unpaired) electrons. The van der Waals surface area contributed by atoms with Gasteiger partial charge in [0.25, 0.3) is 0 Å². The van der Waals surface area contributed by atoms with E-state index < -0.39 is 0 Å². The standard InChI is InChI=1S/C25H24N2O/c26-15-19-7-10-22-14-24(12-11-21(22)13-19)28-17-18-5-8-20(9-6-18)25-4-2-1-3-23(25)16-27/h1-6,8-9,11-12,14,19H,7,10,13,15,17,26H2. The van der Waals surface area contributed by atoms with Crippen molar-refractivity contribution >= 4 is 0 Å². The average Bonchev–Trinajstić information content (AvgIpc) is 2.77. The summed E-state index contributed by atoms with van der Waals surface area (Å²) in [6, 6.07) is 24.6. The van der Waals surface area contributed by atoms with Crippen molar-refractivity contribution in [2.45, 2.75) is 25.9 Å². The molecule has 0 bridgehead atoms. The second kappa shape index (κ2) is 8.29. The number of nitrogens with zero attached hydrogens (tertiary/aromatic N) is 1. The van der Waals surface area contributed by atoms with Crippen LogP contribution in [0.2, 0.25) is 0 Å². The maximum Gasteiger partial charge on any atom is 0.120 e. The van der Waals surface area contributed by atoms with Crippen molar-refractivity contribution in [1.82, 2.24) is 0 Å². The molecule has 0 aromatic heterocycles.